The predicted molar refractivity (Wildman–Crippen MR) is 96.2 cm³/mol. The maximum atomic E-state index is 12.2. The van der Waals surface area contributed by atoms with Gasteiger partial charge in [0.1, 0.15) is 0 Å². The number of carbonyl (C=O) groups excluding carboxylic acids is 1. The van der Waals surface area contributed by atoms with Crippen molar-refractivity contribution in [2.24, 2.45) is 0 Å². The van der Waals surface area contributed by atoms with E-state index in [4.69, 9.17) is 4.74 Å². The lowest BCUT2D eigenvalue weighted by atomic mass is 10.2. The first kappa shape index (κ1) is 16.9. The van der Waals surface area contributed by atoms with Gasteiger partial charge in [0.25, 0.3) is 0 Å². The average Bonchev–Trinajstić information content (AvgIpc) is 3.15. The molecular weight excluding hydrogens is 320 g/mol. The molecule has 7 heteroatoms. The summed E-state index contributed by atoms with van der Waals surface area (Å²) in [5.41, 5.74) is 1.47. The molecule has 7 nitrogen and oxygen atoms in total. The average molecular weight is 342 g/mol. The van der Waals surface area contributed by atoms with Crippen molar-refractivity contribution in [3.63, 3.8) is 0 Å². The molecule has 1 aromatic heterocycles. The minimum Gasteiger partial charge on any atom is -0.504 e. The molecule has 0 spiro atoms. The summed E-state index contributed by atoms with van der Waals surface area (Å²) >= 11 is 0. The Bertz CT molecular complexity index is 745. The summed E-state index contributed by atoms with van der Waals surface area (Å²) in [7, 11) is 1.49. The number of amides is 2. The van der Waals surface area contributed by atoms with Gasteiger partial charge in [0.2, 0.25) is 0 Å². The lowest BCUT2D eigenvalue weighted by molar-refractivity contribution is 0.251. The molecule has 1 aliphatic rings. The van der Waals surface area contributed by atoms with Crippen LogP contribution >= 0.6 is 0 Å². The largest absolute Gasteiger partial charge is 0.504 e. The minimum atomic E-state index is -0.316. The van der Waals surface area contributed by atoms with Gasteiger partial charge in [0.05, 0.1) is 12.8 Å². The van der Waals surface area contributed by atoms with Crippen molar-refractivity contribution in [2.75, 3.05) is 30.4 Å². The maximum Gasteiger partial charge on any atom is 0.319 e. The maximum absolute atomic E-state index is 12.2. The van der Waals surface area contributed by atoms with Crippen LogP contribution in [0.1, 0.15) is 18.4 Å². The van der Waals surface area contributed by atoms with Gasteiger partial charge in [0, 0.05) is 25.8 Å². The van der Waals surface area contributed by atoms with Crippen LogP contribution in [0.5, 0.6) is 11.5 Å². The topological polar surface area (TPSA) is 86.7 Å². The molecular formula is C18H22N4O3. The second kappa shape index (κ2) is 7.74. The van der Waals surface area contributed by atoms with Gasteiger partial charge in [0.15, 0.2) is 17.3 Å². The first-order valence-corrected chi connectivity index (χ1v) is 8.28. The number of pyridine rings is 1. The number of nitrogens with zero attached hydrogens (tertiary/aromatic N) is 2. The van der Waals surface area contributed by atoms with Crippen LogP contribution in [0.25, 0.3) is 0 Å². The Hall–Kier alpha value is -2.96. The molecule has 0 saturated carbocycles. The monoisotopic (exact) mass is 342 g/mol. The number of carbonyl (C=O) groups is 1. The van der Waals surface area contributed by atoms with Crippen molar-refractivity contribution in [2.45, 2.75) is 19.4 Å². The highest BCUT2D eigenvalue weighted by Gasteiger charge is 2.17. The highest BCUT2D eigenvalue weighted by Crippen LogP contribution is 2.27. The predicted octanol–water partition coefficient (Wildman–Crippen LogP) is 2.72. The summed E-state index contributed by atoms with van der Waals surface area (Å²) in [5.74, 6) is 1.25. The molecule has 1 aliphatic heterocycles. The van der Waals surface area contributed by atoms with Crippen LogP contribution in [-0.4, -0.2) is 36.3 Å². The lowest BCUT2D eigenvalue weighted by Crippen LogP contribution is -2.29. The smallest absolute Gasteiger partial charge is 0.319 e. The van der Waals surface area contributed by atoms with Crippen molar-refractivity contribution < 1.29 is 14.6 Å². The van der Waals surface area contributed by atoms with Crippen molar-refractivity contribution in [3.8, 4) is 11.5 Å². The molecule has 0 atom stereocenters. The van der Waals surface area contributed by atoms with Crippen LogP contribution in [0.15, 0.2) is 36.5 Å². The molecule has 2 heterocycles. The van der Waals surface area contributed by atoms with E-state index in [-0.39, 0.29) is 11.8 Å². The van der Waals surface area contributed by atoms with E-state index in [1.54, 1.807) is 30.5 Å². The number of anilines is 2. The SMILES string of the molecule is COc1ccc(CNC(=O)Nc2cccnc2N2CCCC2)cc1O. The Kier molecular flexibility index (Phi) is 5.23. The third kappa shape index (κ3) is 4.12. The quantitative estimate of drug-likeness (QED) is 0.778. The molecule has 1 aromatic carbocycles. The third-order valence-corrected chi connectivity index (χ3v) is 4.14. The summed E-state index contributed by atoms with van der Waals surface area (Å²) in [6, 6.07) is 8.36. The molecule has 2 aromatic rings. The van der Waals surface area contributed by atoms with Gasteiger partial charge in [-0.2, -0.15) is 0 Å². The number of urea groups is 1. The lowest BCUT2D eigenvalue weighted by Gasteiger charge is -2.20. The molecule has 0 radical (unpaired) electrons. The Morgan fingerprint density at radius 2 is 2.12 bits per heavy atom. The second-order valence-electron chi connectivity index (χ2n) is 5.88. The molecule has 3 N–H and O–H groups in total. The van der Waals surface area contributed by atoms with E-state index in [2.05, 4.69) is 20.5 Å². The van der Waals surface area contributed by atoms with Gasteiger partial charge < -0.3 is 25.4 Å². The fraction of sp³-hybridized carbons (Fsp3) is 0.333. The number of nitrogens with one attached hydrogen (secondary N) is 2. The molecule has 0 unspecified atom stereocenters. The summed E-state index contributed by atoms with van der Waals surface area (Å²) in [5, 5.41) is 15.4. The van der Waals surface area contributed by atoms with Gasteiger partial charge >= 0.3 is 6.03 Å². The summed E-state index contributed by atoms with van der Waals surface area (Å²) in [6.45, 7) is 2.21. The molecule has 1 fully saturated rings. The number of hydrogen-bond acceptors (Lipinski definition) is 5. The number of aromatic hydroxyl groups is 1. The number of benzene rings is 1. The van der Waals surface area contributed by atoms with Crippen molar-refractivity contribution in [3.05, 3.63) is 42.1 Å². The van der Waals surface area contributed by atoms with E-state index in [0.717, 1.165) is 37.3 Å². The van der Waals surface area contributed by atoms with Gasteiger partial charge in [-0.3, -0.25) is 0 Å². The zero-order valence-corrected chi connectivity index (χ0v) is 14.2. The fourth-order valence-electron chi connectivity index (χ4n) is 2.87. The highest BCUT2D eigenvalue weighted by molar-refractivity contribution is 5.92. The number of phenolic OH excluding ortho intramolecular Hbond substituents is 1. The van der Waals surface area contributed by atoms with Gasteiger partial charge in [-0.15, -0.1) is 0 Å². The first-order valence-electron chi connectivity index (χ1n) is 8.28. The molecule has 132 valence electrons. The van der Waals surface area contributed by atoms with E-state index in [0.29, 0.717) is 18.0 Å². The number of phenols is 1. The first-order chi connectivity index (χ1) is 12.2. The Labute approximate surface area is 146 Å². The molecule has 25 heavy (non-hydrogen) atoms. The third-order valence-electron chi connectivity index (χ3n) is 4.14. The van der Waals surface area contributed by atoms with E-state index >= 15 is 0 Å². The van der Waals surface area contributed by atoms with Crippen LogP contribution in [0.2, 0.25) is 0 Å². The van der Waals surface area contributed by atoms with Crippen LogP contribution in [0.4, 0.5) is 16.3 Å². The van der Waals surface area contributed by atoms with Crippen molar-refractivity contribution >= 4 is 17.5 Å². The van der Waals surface area contributed by atoms with Gasteiger partial charge in [-0.05, 0) is 42.7 Å². The van der Waals surface area contributed by atoms with E-state index in [1.807, 2.05) is 6.07 Å². The molecule has 2 amide bonds. The number of hydrogen-bond donors (Lipinski definition) is 3. The minimum absolute atomic E-state index is 0.0470. The second-order valence-corrected chi connectivity index (χ2v) is 5.88. The van der Waals surface area contributed by atoms with Crippen LogP contribution in [0, 0.1) is 0 Å². The number of ether oxygens (including phenoxy) is 1. The summed E-state index contributed by atoms with van der Waals surface area (Å²) < 4.78 is 5.01. The Morgan fingerprint density at radius 1 is 1.32 bits per heavy atom. The molecule has 1 saturated heterocycles. The molecule has 3 rings (SSSR count). The van der Waals surface area contributed by atoms with Gasteiger partial charge in [-0.1, -0.05) is 6.07 Å². The van der Waals surface area contributed by atoms with Crippen molar-refractivity contribution in [1.82, 2.24) is 10.3 Å². The van der Waals surface area contributed by atoms with Crippen LogP contribution < -0.4 is 20.3 Å². The van der Waals surface area contributed by atoms with Crippen LogP contribution in [0.3, 0.4) is 0 Å². The Balaban J connectivity index is 1.60. The zero-order valence-electron chi connectivity index (χ0n) is 14.2. The fourth-order valence-corrected chi connectivity index (χ4v) is 2.87. The van der Waals surface area contributed by atoms with E-state index in [9.17, 15) is 9.90 Å². The molecule has 0 bridgehead atoms. The molecule has 0 aliphatic carbocycles. The standard InChI is InChI=1S/C18H22N4O3/c1-25-16-7-6-13(11-15(16)23)12-20-18(24)21-14-5-4-8-19-17(14)22-9-2-3-10-22/h4-8,11,23H,2-3,9-10,12H2,1H3,(H2,20,21,24). The summed E-state index contributed by atoms with van der Waals surface area (Å²) in [6.07, 6.45) is 4.02. The normalized spacial score (nSPS) is 13.6. The van der Waals surface area contributed by atoms with E-state index in [1.165, 1.54) is 7.11 Å². The van der Waals surface area contributed by atoms with E-state index < -0.39 is 0 Å². The zero-order chi connectivity index (χ0) is 17.6. The number of aromatic nitrogens is 1. The number of rotatable bonds is 5. The summed E-state index contributed by atoms with van der Waals surface area (Å²) in [4.78, 5) is 18.8. The Morgan fingerprint density at radius 3 is 2.84 bits per heavy atom. The number of methoxy groups -OCH3 is 1. The van der Waals surface area contributed by atoms with Crippen LogP contribution in [-0.2, 0) is 6.54 Å². The highest BCUT2D eigenvalue weighted by atomic mass is 16.5. The van der Waals surface area contributed by atoms with Crippen molar-refractivity contribution in [1.29, 1.82) is 0 Å². The van der Waals surface area contributed by atoms with Gasteiger partial charge in [-0.25, -0.2) is 9.78 Å².